The van der Waals surface area contributed by atoms with Crippen molar-refractivity contribution in [2.45, 2.75) is 32.8 Å². The van der Waals surface area contributed by atoms with Crippen molar-refractivity contribution in [2.75, 3.05) is 46.2 Å². The largest absolute Gasteiger partial charge is 0.486 e. The highest BCUT2D eigenvalue weighted by atomic mass is 35.5. The monoisotopic (exact) mass is 412 g/mol. The number of aliphatic hydroxyl groups is 1. The fraction of sp³-hybridized carbons (Fsp3) is 0.650. The topological polar surface area (TPSA) is 80.3 Å². The van der Waals surface area contributed by atoms with Gasteiger partial charge < -0.3 is 24.6 Å². The van der Waals surface area contributed by atoms with Crippen molar-refractivity contribution in [1.82, 2.24) is 10.2 Å². The Labute approximate surface area is 170 Å². The van der Waals surface area contributed by atoms with Gasteiger partial charge in [-0.05, 0) is 25.8 Å². The van der Waals surface area contributed by atoms with Gasteiger partial charge in [-0.15, -0.1) is 0 Å². The number of fused-ring (bicyclic) bond motifs is 1. The molecule has 0 bridgehead atoms. The molecular weight excluding hydrogens is 384 g/mol. The molecule has 2 N–H and O–H groups in total. The van der Waals surface area contributed by atoms with Crippen LogP contribution in [0.4, 0.5) is 0 Å². The molecule has 28 heavy (non-hydrogen) atoms. The average Bonchev–Trinajstić information content (AvgIpc) is 2.70. The lowest BCUT2D eigenvalue weighted by Crippen LogP contribution is -2.48. The van der Waals surface area contributed by atoms with Crippen LogP contribution in [0, 0.1) is 12.8 Å². The van der Waals surface area contributed by atoms with E-state index in [1.165, 1.54) is 0 Å². The lowest BCUT2D eigenvalue weighted by molar-refractivity contribution is -0.0383. The summed E-state index contributed by atoms with van der Waals surface area (Å²) in [6, 6.07) is 1.61. The first-order valence-electron chi connectivity index (χ1n) is 9.86. The zero-order chi connectivity index (χ0) is 20.1. The van der Waals surface area contributed by atoms with Crippen LogP contribution in [-0.4, -0.2) is 68.2 Å². The Kier molecular flexibility index (Phi) is 7.40. The van der Waals surface area contributed by atoms with E-state index in [9.17, 15) is 9.90 Å². The summed E-state index contributed by atoms with van der Waals surface area (Å²) in [4.78, 5) is 14.8. The van der Waals surface area contributed by atoms with E-state index >= 15 is 0 Å². The van der Waals surface area contributed by atoms with Crippen LogP contribution >= 0.6 is 11.6 Å². The number of carbonyl (C=O) groups is 1. The van der Waals surface area contributed by atoms with Crippen molar-refractivity contribution in [3.05, 3.63) is 22.2 Å². The Morgan fingerprint density at radius 1 is 1.39 bits per heavy atom. The molecule has 1 aromatic carbocycles. The fourth-order valence-corrected chi connectivity index (χ4v) is 3.73. The van der Waals surface area contributed by atoms with Crippen molar-refractivity contribution in [2.24, 2.45) is 5.92 Å². The van der Waals surface area contributed by atoms with Crippen molar-refractivity contribution in [1.29, 1.82) is 0 Å². The van der Waals surface area contributed by atoms with Crippen LogP contribution in [-0.2, 0) is 4.74 Å². The number of amides is 1. The highest BCUT2D eigenvalue weighted by molar-refractivity contribution is 6.32. The van der Waals surface area contributed by atoms with Crippen LogP contribution in [0.2, 0.25) is 5.02 Å². The van der Waals surface area contributed by atoms with Gasteiger partial charge in [0.1, 0.15) is 13.2 Å². The number of hydrogen-bond donors (Lipinski definition) is 2. The predicted molar refractivity (Wildman–Crippen MR) is 106 cm³/mol. The summed E-state index contributed by atoms with van der Waals surface area (Å²) in [7, 11) is 0. The van der Waals surface area contributed by atoms with E-state index in [2.05, 4.69) is 17.1 Å². The van der Waals surface area contributed by atoms with E-state index in [1.54, 1.807) is 6.07 Å². The molecule has 8 heteroatoms. The van der Waals surface area contributed by atoms with Crippen molar-refractivity contribution in [3.8, 4) is 11.5 Å². The van der Waals surface area contributed by atoms with Gasteiger partial charge >= 0.3 is 0 Å². The lowest BCUT2D eigenvalue weighted by Gasteiger charge is -2.35. The number of halogens is 1. The third-order valence-electron chi connectivity index (χ3n) is 5.19. The second-order valence-corrected chi connectivity index (χ2v) is 7.73. The van der Waals surface area contributed by atoms with Crippen LogP contribution in [0.3, 0.4) is 0 Å². The van der Waals surface area contributed by atoms with Crippen LogP contribution < -0.4 is 14.8 Å². The number of ether oxygens (including phenoxy) is 3. The maximum absolute atomic E-state index is 12.8. The minimum absolute atomic E-state index is 0.000269. The highest BCUT2D eigenvalue weighted by Crippen LogP contribution is 2.40. The lowest BCUT2D eigenvalue weighted by atomic mass is 9.94. The molecule has 0 radical (unpaired) electrons. The molecule has 2 atom stereocenters. The number of nitrogens with one attached hydrogen (secondary N) is 1. The van der Waals surface area contributed by atoms with Crippen LogP contribution in [0.5, 0.6) is 11.5 Å². The average molecular weight is 413 g/mol. The van der Waals surface area contributed by atoms with Crippen molar-refractivity contribution >= 4 is 17.5 Å². The van der Waals surface area contributed by atoms with Gasteiger partial charge in [0.05, 0.1) is 18.4 Å². The van der Waals surface area contributed by atoms with Gasteiger partial charge in [0.25, 0.3) is 5.91 Å². The highest BCUT2D eigenvalue weighted by Gasteiger charge is 2.29. The Morgan fingerprint density at radius 2 is 2.14 bits per heavy atom. The Balaban J connectivity index is 1.57. The quantitative estimate of drug-likeness (QED) is 0.668. The smallest absolute Gasteiger partial charge is 0.255 e. The van der Waals surface area contributed by atoms with Gasteiger partial charge in [-0.1, -0.05) is 18.5 Å². The van der Waals surface area contributed by atoms with Crippen LogP contribution in [0.15, 0.2) is 6.07 Å². The predicted octanol–water partition coefficient (Wildman–Crippen LogP) is 2.22. The first kappa shape index (κ1) is 21.2. The summed E-state index contributed by atoms with van der Waals surface area (Å²) >= 11 is 6.26. The van der Waals surface area contributed by atoms with E-state index < -0.39 is 6.10 Å². The summed E-state index contributed by atoms with van der Waals surface area (Å²) in [6.07, 6.45) is 1.27. The number of hydrogen-bond acceptors (Lipinski definition) is 6. The SMILES string of the molecule is CCCOCN1CCC(CNC(=O)c2cc(Cl)c(C)c3c2OCCO3)C(O)C1. The molecule has 7 nitrogen and oxygen atoms in total. The Hall–Kier alpha value is -1.54. The fourth-order valence-electron chi connectivity index (χ4n) is 3.53. The molecule has 0 saturated carbocycles. The molecule has 2 unspecified atom stereocenters. The van der Waals surface area contributed by atoms with Gasteiger partial charge in [0, 0.05) is 42.7 Å². The van der Waals surface area contributed by atoms with E-state index in [-0.39, 0.29) is 11.8 Å². The Morgan fingerprint density at radius 3 is 2.86 bits per heavy atom. The molecule has 0 aliphatic carbocycles. The second-order valence-electron chi connectivity index (χ2n) is 7.33. The Bertz CT molecular complexity index is 700. The van der Waals surface area contributed by atoms with Gasteiger partial charge in [-0.2, -0.15) is 0 Å². The summed E-state index contributed by atoms with van der Waals surface area (Å²) < 4.78 is 16.9. The second kappa shape index (κ2) is 9.78. The zero-order valence-corrected chi connectivity index (χ0v) is 17.3. The maximum Gasteiger partial charge on any atom is 0.255 e. The van der Waals surface area contributed by atoms with E-state index in [1.807, 2.05) is 6.92 Å². The molecule has 2 aliphatic heterocycles. The molecular formula is C20H29ClN2O5. The molecule has 156 valence electrons. The van der Waals surface area contributed by atoms with Crippen LogP contribution in [0.1, 0.15) is 35.7 Å². The molecule has 2 heterocycles. The molecule has 0 aromatic heterocycles. The number of rotatable bonds is 7. The number of benzene rings is 1. The number of aliphatic hydroxyl groups excluding tert-OH is 1. The number of nitrogens with zero attached hydrogens (tertiary/aromatic N) is 1. The zero-order valence-electron chi connectivity index (χ0n) is 16.5. The summed E-state index contributed by atoms with van der Waals surface area (Å²) in [5.41, 5.74) is 1.13. The summed E-state index contributed by atoms with van der Waals surface area (Å²) in [6.45, 7) is 7.77. The minimum atomic E-state index is -0.505. The van der Waals surface area contributed by atoms with Gasteiger partial charge in [-0.25, -0.2) is 0 Å². The first-order chi connectivity index (χ1) is 13.5. The summed E-state index contributed by atoms with van der Waals surface area (Å²) in [5, 5.41) is 13.8. The standard InChI is InChI=1S/C20H29ClN2O5/c1-3-6-26-12-23-5-4-14(17(24)11-23)10-22-20(25)15-9-16(21)13(2)18-19(15)28-8-7-27-18/h9,14,17,24H,3-8,10-12H2,1-2H3,(H,22,25). The van der Waals surface area contributed by atoms with Gasteiger partial charge in [0.2, 0.25) is 0 Å². The number of likely N-dealkylation sites (tertiary alicyclic amines) is 1. The molecule has 0 spiro atoms. The van der Waals surface area contributed by atoms with Crippen molar-refractivity contribution in [3.63, 3.8) is 0 Å². The van der Waals surface area contributed by atoms with Gasteiger partial charge in [-0.3, -0.25) is 9.69 Å². The number of piperidine rings is 1. The molecule has 2 aliphatic rings. The minimum Gasteiger partial charge on any atom is -0.486 e. The molecule has 1 fully saturated rings. The third-order valence-corrected chi connectivity index (χ3v) is 5.59. The molecule has 1 saturated heterocycles. The van der Waals surface area contributed by atoms with E-state index in [0.717, 1.165) is 31.6 Å². The van der Waals surface area contributed by atoms with Crippen molar-refractivity contribution < 1.29 is 24.1 Å². The third kappa shape index (κ3) is 4.89. The van der Waals surface area contributed by atoms with Crippen LogP contribution in [0.25, 0.3) is 0 Å². The maximum atomic E-state index is 12.8. The summed E-state index contributed by atoms with van der Waals surface area (Å²) in [5.74, 6) is 0.697. The number of carbonyl (C=O) groups excluding carboxylic acids is 1. The number of β-amino-alcohol motifs (C(OH)–C–C–N with tert-alkyl or cyclic N) is 1. The molecule has 1 aromatic rings. The normalized spacial score (nSPS) is 22.1. The molecule has 1 amide bonds. The van der Waals surface area contributed by atoms with Gasteiger partial charge in [0.15, 0.2) is 11.5 Å². The first-order valence-corrected chi connectivity index (χ1v) is 10.2. The molecule has 3 rings (SSSR count). The van der Waals surface area contributed by atoms with E-state index in [4.69, 9.17) is 25.8 Å². The van der Waals surface area contributed by atoms with E-state index in [0.29, 0.717) is 55.1 Å².